The zero-order valence-electron chi connectivity index (χ0n) is 14.0. The van der Waals surface area contributed by atoms with Gasteiger partial charge < -0.3 is 4.90 Å². The summed E-state index contributed by atoms with van der Waals surface area (Å²) in [6.07, 6.45) is 0.533. The molecule has 2 aromatic carbocycles. The number of hydrogen-bond donors (Lipinski definition) is 0. The molecule has 0 aromatic heterocycles. The Labute approximate surface area is 133 Å². The van der Waals surface area contributed by atoms with Gasteiger partial charge in [-0.2, -0.15) is 0 Å². The van der Waals surface area contributed by atoms with Crippen LogP contribution in [0.15, 0.2) is 48.5 Å². The lowest BCUT2D eigenvalue weighted by atomic mass is 9.97. The Morgan fingerprint density at radius 3 is 2.41 bits per heavy atom. The van der Waals surface area contributed by atoms with E-state index in [1.165, 1.54) is 11.1 Å². The van der Waals surface area contributed by atoms with Crippen LogP contribution in [-0.2, 0) is 4.79 Å². The predicted octanol–water partition coefficient (Wildman–Crippen LogP) is 4.85. The first kappa shape index (κ1) is 16.3. The van der Waals surface area contributed by atoms with Crippen molar-refractivity contribution in [1.29, 1.82) is 0 Å². The fraction of sp³-hybridized carbons (Fsp3) is 0.350. The van der Waals surface area contributed by atoms with Gasteiger partial charge in [0.15, 0.2) is 0 Å². The summed E-state index contributed by atoms with van der Waals surface area (Å²) in [7, 11) is 0. The first-order valence-electron chi connectivity index (χ1n) is 7.95. The van der Waals surface area contributed by atoms with E-state index in [1.54, 1.807) is 0 Å². The Hall–Kier alpha value is -2.09. The molecule has 0 aliphatic carbocycles. The lowest BCUT2D eigenvalue weighted by molar-refractivity contribution is -0.118. The van der Waals surface area contributed by atoms with Crippen molar-refractivity contribution < 1.29 is 4.79 Å². The summed E-state index contributed by atoms with van der Waals surface area (Å²) in [6.45, 7) is 8.97. The fourth-order valence-electron chi connectivity index (χ4n) is 2.76. The zero-order chi connectivity index (χ0) is 16.1. The number of nitrogens with zero attached hydrogens (tertiary/aromatic N) is 1. The summed E-state index contributed by atoms with van der Waals surface area (Å²) in [5.41, 5.74) is 4.58. The minimum atomic E-state index is 0.188. The minimum absolute atomic E-state index is 0.188. The van der Waals surface area contributed by atoms with Gasteiger partial charge in [0, 0.05) is 18.7 Å². The molecule has 1 amide bonds. The number of benzene rings is 2. The third kappa shape index (κ3) is 3.76. The lowest BCUT2D eigenvalue weighted by Crippen LogP contribution is -2.32. The standard InChI is InChI=1S/C20H25NO/c1-5-21(19-13-15(2)11-12-16(19)3)20(22)14-17(4)18-9-7-6-8-10-18/h6-13,17H,5,14H2,1-4H3. The van der Waals surface area contributed by atoms with Crippen LogP contribution < -0.4 is 4.90 Å². The van der Waals surface area contributed by atoms with Crippen LogP contribution in [0.4, 0.5) is 5.69 Å². The highest BCUT2D eigenvalue weighted by Gasteiger charge is 2.19. The average Bonchev–Trinajstić information content (AvgIpc) is 2.52. The van der Waals surface area contributed by atoms with Crippen molar-refractivity contribution in [2.45, 2.75) is 40.0 Å². The molecule has 0 saturated carbocycles. The number of aryl methyl sites for hydroxylation is 2. The van der Waals surface area contributed by atoms with E-state index in [1.807, 2.05) is 30.0 Å². The van der Waals surface area contributed by atoms with E-state index < -0.39 is 0 Å². The molecule has 0 heterocycles. The van der Waals surface area contributed by atoms with Crippen molar-refractivity contribution in [1.82, 2.24) is 0 Å². The van der Waals surface area contributed by atoms with Crippen molar-refractivity contribution in [3.05, 3.63) is 65.2 Å². The molecule has 0 aliphatic rings. The molecule has 2 rings (SSSR count). The van der Waals surface area contributed by atoms with E-state index in [4.69, 9.17) is 0 Å². The van der Waals surface area contributed by atoms with Gasteiger partial charge in [0.05, 0.1) is 0 Å². The number of amides is 1. The van der Waals surface area contributed by atoms with Crippen LogP contribution in [0.25, 0.3) is 0 Å². The Morgan fingerprint density at radius 2 is 1.77 bits per heavy atom. The quantitative estimate of drug-likeness (QED) is 0.772. The molecule has 2 nitrogen and oxygen atoms in total. The normalized spacial score (nSPS) is 12.0. The Morgan fingerprint density at radius 1 is 1.09 bits per heavy atom. The summed E-state index contributed by atoms with van der Waals surface area (Å²) in [4.78, 5) is 14.7. The van der Waals surface area contributed by atoms with E-state index in [0.717, 1.165) is 11.3 Å². The topological polar surface area (TPSA) is 20.3 Å². The highest BCUT2D eigenvalue weighted by Crippen LogP contribution is 2.25. The number of anilines is 1. The third-order valence-corrected chi connectivity index (χ3v) is 4.12. The van der Waals surface area contributed by atoms with Crippen LogP contribution in [0, 0.1) is 13.8 Å². The minimum Gasteiger partial charge on any atom is -0.312 e. The molecule has 2 heteroatoms. The molecule has 0 bridgehead atoms. The van der Waals surface area contributed by atoms with Crippen LogP contribution in [0.5, 0.6) is 0 Å². The van der Waals surface area contributed by atoms with E-state index in [2.05, 4.69) is 51.1 Å². The molecule has 0 spiro atoms. The number of carbonyl (C=O) groups excluding carboxylic acids is 1. The molecule has 116 valence electrons. The van der Waals surface area contributed by atoms with Crippen molar-refractivity contribution in [2.24, 2.45) is 0 Å². The molecule has 2 aromatic rings. The number of hydrogen-bond acceptors (Lipinski definition) is 1. The summed E-state index contributed by atoms with van der Waals surface area (Å²) in [5, 5.41) is 0. The summed E-state index contributed by atoms with van der Waals surface area (Å²) >= 11 is 0. The van der Waals surface area contributed by atoms with E-state index in [0.29, 0.717) is 13.0 Å². The molecule has 1 atom stereocenters. The first-order valence-corrected chi connectivity index (χ1v) is 7.95. The fourth-order valence-corrected chi connectivity index (χ4v) is 2.76. The summed E-state index contributed by atoms with van der Waals surface area (Å²) < 4.78 is 0. The maximum atomic E-state index is 12.7. The highest BCUT2D eigenvalue weighted by atomic mass is 16.2. The first-order chi connectivity index (χ1) is 10.5. The monoisotopic (exact) mass is 295 g/mol. The maximum Gasteiger partial charge on any atom is 0.227 e. The number of carbonyl (C=O) groups is 1. The molecule has 0 saturated heterocycles. The molecule has 0 fully saturated rings. The van der Waals surface area contributed by atoms with Crippen LogP contribution >= 0.6 is 0 Å². The average molecular weight is 295 g/mol. The van der Waals surface area contributed by atoms with Gasteiger partial charge in [0.1, 0.15) is 0 Å². The third-order valence-electron chi connectivity index (χ3n) is 4.12. The number of rotatable bonds is 5. The Kier molecular flexibility index (Phi) is 5.37. The highest BCUT2D eigenvalue weighted by molar-refractivity contribution is 5.94. The van der Waals surface area contributed by atoms with Gasteiger partial charge in [0.2, 0.25) is 5.91 Å². The second-order valence-electron chi connectivity index (χ2n) is 5.94. The van der Waals surface area contributed by atoms with Gasteiger partial charge in [-0.25, -0.2) is 0 Å². The largest absolute Gasteiger partial charge is 0.312 e. The van der Waals surface area contributed by atoms with Crippen LogP contribution in [0.2, 0.25) is 0 Å². The van der Waals surface area contributed by atoms with E-state index >= 15 is 0 Å². The second-order valence-corrected chi connectivity index (χ2v) is 5.94. The smallest absolute Gasteiger partial charge is 0.227 e. The van der Waals surface area contributed by atoms with Crippen LogP contribution in [0.1, 0.15) is 42.9 Å². The van der Waals surface area contributed by atoms with Gasteiger partial charge in [-0.05, 0) is 49.4 Å². The zero-order valence-corrected chi connectivity index (χ0v) is 14.0. The molecule has 0 radical (unpaired) electrons. The summed E-state index contributed by atoms with van der Waals surface area (Å²) in [6, 6.07) is 16.5. The summed E-state index contributed by atoms with van der Waals surface area (Å²) in [5.74, 6) is 0.417. The SMILES string of the molecule is CCN(C(=O)CC(C)c1ccccc1)c1cc(C)ccc1C. The van der Waals surface area contributed by atoms with Crippen LogP contribution in [-0.4, -0.2) is 12.5 Å². The van der Waals surface area contributed by atoms with E-state index in [-0.39, 0.29) is 11.8 Å². The Bertz CT molecular complexity index is 633. The molecule has 1 unspecified atom stereocenters. The van der Waals surface area contributed by atoms with Crippen molar-refractivity contribution in [2.75, 3.05) is 11.4 Å². The van der Waals surface area contributed by atoms with Crippen molar-refractivity contribution in [3.8, 4) is 0 Å². The van der Waals surface area contributed by atoms with Crippen molar-refractivity contribution in [3.63, 3.8) is 0 Å². The Balaban J connectivity index is 2.17. The lowest BCUT2D eigenvalue weighted by Gasteiger charge is -2.25. The van der Waals surface area contributed by atoms with Gasteiger partial charge in [-0.15, -0.1) is 0 Å². The molecular weight excluding hydrogens is 270 g/mol. The molecule has 22 heavy (non-hydrogen) atoms. The van der Waals surface area contributed by atoms with E-state index in [9.17, 15) is 4.79 Å². The van der Waals surface area contributed by atoms with Crippen LogP contribution in [0.3, 0.4) is 0 Å². The molecular formula is C20H25NO. The van der Waals surface area contributed by atoms with Gasteiger partial charge in [0.25, 0.3) is 0 Å². The van der Waals surface area contributed by atoms with Crippen molar-refractivity contribution >= 4 is 11.6 Å². The van der Waals surface area contributed by atoms with Gasteiger partial charge in [-0.1, -0.05) is 49.4 Å². The van der Waals surface area contributed by atoms with Gasteiger partial charge >= 0.3 is 0 Å². The maximum absolute atomic E-state index is 12.7. The molecule has 0 N–H and O–H groups in total. The second kappa shape index (κ2) is 7.26. The van der Waals surface area contributed by atoms with Gasteiger partial charge in [-0.3, -0.25) is 4.79 Å². The predicted molar refractivity (Wildman–Crippen MR) is 93.4 cm³/mol. The molecule has 0 aliphatic heterocycles.